The van der Waals surface area contributed by atoms with Gasteiger partial charge in [-0.15, -0.1) is 0 Å². The van der Waals surface area contributed by atoms with Crippen LogP contribution in [0.3, 0.4) is 0 Å². The molecule has 19 heavy (non-hydrogen) atoms. The number of ether oxygens (including phenoxy) is 1. The predicted octanol–water partition coefficient (Wildman–Crippen LogP) is 2.52. The summed E-state index contributed by atoms with van der Waals surface area (Å²) in [5.74, 6) is 1.67. The van der Waals surface area contributed by atoms with Gasteiger partial charge in [-0.2, -0.15) is 0 Å². The molecule has 1 unspecified atom stereocenters. The molecule has 1 N–H and O–H groups in total. The van der Waals surface area contributed by atoms with Crippen molar-refractivity contribution in [2.45, 2.75) is 25.5 Å². The number of halogens is 1. The topological polar surface area (TPSA) is 47.3 Å². The molecule has 0 bridgehead atoms. The van der Waals surface area contributed by atoms with Crippen LogP contribution in [0.15, 0.2) is 24.3 Å². The molecule has 0 saturated heterocycles. The highest BCUT2D eigenvalue weighted by molar-refractivity contribution is 6.30. The van der Waals surface area contributed by atoms with Gasteiger partial charge in [0.15, 0.2) is 5.15 Å². The van der Waals surface area contributed by atoms with Crippen molar-refractivity contribution in [3.05, 3.63) is 35.1 Å². The fourth-order valence-corrected chi connectivity index (χ4v) is 2.72. The van der Waals surface area contributed by atoms with Crippen LogP contribution in [-0.4, -0.2) is 27.9 Å². The number of rotatable bonds is 2. The second kappa shape index (κ2) is 4.87. The lowest BCUT2D eigenvalue weighted by molar-refractivity contribution is 0.144. The molecule has 4 nitrogen and oxygen atoms in total. The van der Waals surface area contributed by atoms with E-state index in [0.717, 1.165) is 35.8 Å². The fourth-order valence-electron chi connectivity index (χ4n) is 2.46. The van der Waals surface area contributed by atoms with Crippen LogP contribution in [0.4, 0.5) is 0 Å². The zero-order valence-electron chi connectivity index (χ0n) is 10.6. The average molecular weight is 279 g/mol. The van der Waals surface area contributed by atoms with Gasteiger partial charge in [0.2, 0.25) is 0 Å². The van der Waals surface area contributed by atoms with E-state index in [-0.39, 0.29) is 6.10 Å². The minimum Gasteiger partial charge on any atom is -0.497 e. The van der Waals surface area contributed by atoms with Crippen molar-refractivity contribution < 1.29 is 9.84 Å². The number of fused-ring (bicyclic) bond motifs is 1. The highest BCUT2D eigenvalue weighted by Gasteiger charge is 2.24. The standard InChI is InChI=1S/C14H15ClN2O2/c1-19-11-4-2-9(3-5-11)14-16-13(15)12-8-10(18)6-7-17(12)14/h2-5,10,18H,6-8H2,1H3. The third kappa shape index (κ3) is 2.22. The minimum absolute atomic E-state index is 0.314. The first-order chi connectivity index (χ1) is 9.19. The molecular weight excluding hydrogens is 264 g/mol. The van der Waals surface area contributed by atoms with E-state index < -0.39 is 0 Å². The number of hydrogen-bond acceptors (Lipinski definition) is 3. The summed E-state index contributed by atoms with van der Waals surface area (Å²) in [5.41, 5.74) is 1.93. The normalized spacial score (nSPS) is 18.2. The number of imidazole rings is 1. The molecule has 0 saturated carbocycles. The quantitative estimate of drug-likeness (QED) is 0.918. The lowest BCUT2D eigenvalue weighted by Crippen LogP contribution is -2.23. The van der Waals surface area contributed by atoms with Gasteiger partial charge >= 0.3 is 0 Å². The Balaban J connectivity index is 2.03. The molecule has 0 radical (unpaired) electrons. The van der Waals surface area contributed by atoms with Crippen molar-refractivity contribution in [1.29, 1.82) is 0 Å². The minimum atomic E-state index is -0.314. The summed E-state index contributed by atoms with van der Waals surface area (Å²) in [4.78, 5) is 4.43. The molecule has 1 atom stereocenters. The van der Waals surface area contributed by atoms with Crippen LogP contribution in [0.1, 0.15) is 12.1 Å². The summed E-state index contributed by atoms with van der Waals surface area (Å²) in [5, 5.41) is 10.2. The summed E-state index contributed by atoms with van der Waals surface area (Å²) in [7, 11) is 1.64. The Morgan fingerprint density at radius 1 is 1.37 bits per heavy atom. The van der Waals surface area contributed by atoms with E-state index in [0.29, 0.717) is 11.6 Å². The van der Waals surface area contributed by atoms with E-state index >= 15 is 0 Å². The Bertz CT molecular complexity index is 592. The Morgan fingerprint density at radius 3 is 2.79 bits per heavy atom. The van der Waals surface area contributed by atoms with E-state index in [1.807, 2.05) is 24.3 Å². The number of benzene rings is 1. The first-order valence-electron chi connectivity index (χ1n) is 6.26. The third-order valence-corrected chi connectivity index (χ3v) is 3.79. The van der Waals surface area contributed by atoms with Gasteiger partial charge in [0.1, 0.15) is 11.6 Å². The van der Waals surface area contributed by atoms with Gasteiger partial charge in [0.05, 0.1) is 18.9 Å². The van der Waals surface area contributed by atoms with Gasteiger partial charge in [0, 0.05) is 18.5 Å². The SMILES string of the molecule is COc1ccc(-c2nc(Cl)c3n2CCC(O)C3)cc1. The van der Waals surface area contributed by atoms with Crippen LogP contribution < -0.4 is 4.74 Å². The Hall–Kier alpha value is -1.52. The lowest BCUT2D eigenvalue weighted by Gasteiger charge is -2.21. The van der Waals surface area contributed by atoms with Crippen molar-refractivity contribution >= 4 is 11.6 Å². The van der Waals surface area contributed by atoms with Gasteiger partial charge in [-0.25, -0.2) is 4.98 Å². The van der Waals surface area contributed by atoms with Crippen LogP contribution in [0.25, 0.3) is 11.4 Å². The number of aliphatic hydroxyl groups is 1. The summed E-state index contributed by atoms with van der Waals surface area (Å²) in [6, 6.07) is 7.75. The molecule has 1 aromatic carbocycles. The molecule has 0 fully saturated rings. The predicted molar refractivity (Wildman–Crippen MR) is 73.6 cm³/mol. The number of hydrogen-bond donors (Lipinski definition) is 1. The van der Waals surface area contributed by atoms with Gasteiger partial charge in [-0.3, -0.25) is 0 Å². The van der Waals surface area contributed by atoms with Crippen LogP contribution in [-0.2, 0) is 13.0 Å². The van der Waals surface area contributed by atoms with Crippen LogP contribution in [0.2, 0.25) is 5.15 Å². The van der Waals surface area contributed by atoms with E-state index in [1.165, 1.54) is 0 Å². The van der Waals surface area contributed by atoms with Crippen molar-refractivity contribution in [2.24, 2.45) is 0 Å². The molecule has 1 aliphatic heterocycles. The van der Waals surface area contributed by atoms with Gasteiger partial charge in [0.25, 0.3) is 0 Å². The summed E-state index contributed by atoms with van der Waals surface area (Å²) >= 11 is 6.17. The van der Waals surface area contributed by atoms with Crippen molar-refractivity contribution in [3.8, 4) is 17.1 Å². The van der Waals surface area contributed by atoms with E-state index in [2.05, 4.69) is 9.55 Å². The molecular formula is C14H15ClN2O2. The Kier molecular flexibility index (Phi) is 3.21. The first-order valence-corrected chi connectivity index (χ1v) is 6.64. The number of nitrogens with zero attached hydrogens (tertiary/aromatic N) is 2. The number of methoxy groups -OCH3 is 1. The van der Waals surface area contributed by atoms with Gasteiger partial charge < -0.3 is 14.4 Å². The fraction of sp³-hybridized carbons (Fsp3) is 0.357. The maximum absolute atomic E-state index is 9.71. The molecule has 0 amide bonds. The van der Waals surface area contributed by atoms with Crippen molar-refractivity contribution in [1.82, 2.24) is 9.55 Å². The average Bonchev–Trinajstić information content (AvgIpc) is 2.76. The summed E-state index contributed by atoms with van der Waals surface area (Å²) in [6.45, 7) is 0.748. The summed E-state index contributed by atoms with van der Waals surface area (Å²) < 4.78 is 7.24. The maximum Gasteiger partial charge on any atom is 0.151 e. The molecule has 0 spiro atoms. The van der Waals surface area contributed by atoms with Crippen LogP contribution >= 0.6 is 11.6 Å². The molecule has 2 aromatic rings. The molecule has 1 aliphatic rings. The molecule has 5 heteroatoms. The van der Waals surface area contributed by atoms with Crippen molar-refractivity contribution in [2.75, 3.05) is 7.11 Å². The molecule has 2 heterocycles. The smallest absolute Gasteiger partial charge is 0.151 e. The highest BCUT2D eigenvalue weighted by Crippen LogP contribution is 2.30. The summed E-state index contributed by atoms with van der Waals surface area (Å²) in [6.07, 6.45) is 0.996. The lowest BCUT2D eigenvalue weighted by atomic mass is 10.1. The zero-order chi connectivity index (χ0) is 13.4. The first kappa shape index (κ1) is 12.5. The van der Waals surface area contributed by atoms with Gasteiger partial charge in [-0.1, -0.05) is 11.6 Å². The monoisotopic (exact) mass is 278 g/mol. The molecule has 100 valence electrons. The van der Waals surface area contributed by atoms with E-state index in [1.54, 1.807) is 7.11 Å². The second-order valence-electron chi connectivity index (χ2n) is 4.70. The third-order valence-electron chi connectivity index (χ3n) is 3.49. The Labute approximate surface area is 116 Å². The van der Waals surface area contributed by atoms with Crippen LogP contribution in [0, 0.1) is 0 Å². The number of aromatic nitrogens is 2. The highest BCUT2D eigenvalue weighted by atomic mass is 35.5. The van der Waals surface area contributed by atoms with Gasteiger partial charge in [-0.05, 0) is 30.7 Å². The Morgan fingerprint density at radius 2 is 2.11 bits per heavy atom. The molecule has 0 aliphatic carbocycles. The van der Waals surface area contributed by atoms with E-state index in [9.17, 15) is 5.11 Å². The second-order valence-corrected chi connectivity index (χ2v) is 5.06. The van der Waals surface area contributed by atoms with Crippen molar-refractivity contribution in [3.63, 3.8) is 0 Å². The zero-order valence-corrected chi connectivity index (χ0v) is 11.4. The number of aliphatic hydroxyl groups excluding tert-OH is 1. The van der Waals surface area contributed by atoms with E-state index in [4.69, 9.17) is 16.3 Å². The van der Waals surface area contributed by atoms with Crippen LogP contribution in [0.5, 0.6) is 5.75 Å². The maximum atomic E-state index is 9.71. The molecule has 3 rings (SSSR count). The molecule has 1 aromatic heterocycles. The largest absolute Gasteiger partial charge is 0.497 e.